The number of rotatable bonds is 6. The lowest BCUT2D eigenvalue weighted by Crippen LogP contribution is -2.30. The second-order valence-corrected chi connectivity index (χ2v) is 7.43. The Morgan fingerprint density at radius 2 is 2.10 bits per heavy atom. The molecule has 2 aromatic heterocycles. The fourth-order valence-electron chi connectivity index (χ4n) is 3.49. The summed E-state index contributed by atoms with van der Waals surface area (Å²) in [5, 5.41) is 2.08. The average molecular weight is 410 g/mol. The molecule has 0 saturated carbocycles. The van der Waals surface area contributed by atoms with Gasteiger partial charge in [0, 0.05) is 11.6 Å². The Bertz CT molecular complexity index is 1070. The van der Waals surface area contributed by atoms with Crippen LogP contribution in [-0.2, 0) is 9.59 Å². The van der Waals surface area contributed by atoms with Crippen molar-refractivity contribution in [3.63, 3.8) is 0 Å². The van der Waals surface area contributed by atoms with Crippen LogP contribution in [0.25, 0.3) is 0 Å². The number of aryl methyl sites for hydroxylation is 1. The van der Waals surface area contributed by atoms with E-state index in [1.165, 1.54) is 22.3 Å². The van der Waals surface area contributed by atoms with Crippen LogP contribution in [0.15, 0.2) is 52.4 Å². The van der Waals surface area contributed by atoms with Crippen molar-refractivity contribution < 1.29 is 23.5 Å². The molecule has 1 saturated heterocycles. The van der Waals surface area contributed by atoms with E-state index in [0.29, 0.717) is 28.8 Å². The van der Waals surface area contributed by atoms with E-state index in [1.807, 2.05) is 6.92 Å². The highest BCUT2D eigenvalue weighted by Crippen LogP contribution is 2.42. The highest BCUT2D eigenvalue weighted by molar-refractivity contribution is 7.14. The molecule has 1 aliphatic heterocycles. The third kappa shape index (κ3) is 3.36. The standard InChI is InChI=1S/C21H18N2O5S/c1-3-27-14-6-4-5-13(11-14)17-16(18(24)15-8-7-12(2)28-15)19(25)20(26)23(17)21-22-9-10-29-21/h4-11,16-17H,3H2,1-2H3. The fraction of sp³-hybridized carbons (Fsp3) is 0.238. The van der Waals surface area contributed by atoms with Gasteiger partial charge in [0.05, 0.1) is 12.6 Å². The van der Waals surface area contributed by atoms with Gasteiger partial charge in [0.2, 0.25) is 11.6 Å². The van der Waals surface area contributed by atoms with Crippen molar-refractivity contribution in [2.45, 2.75) is 19.9 Å². The number of carbonyl (C=O) groups is 3. The maximum absolute atomic E-state index is 13.2. The maximum atomic E-state index is 13.2. The molecule has 0 radical (unpaired) electrons. The topological polar surface area (TPSA) is 89.7 Å². The van der Waals surface area contributed by atoms with Crippen molar-refractivity contribution in [1.82, 2.24) is 4.98 Å². The van der Waals surface area contributed by atoms with Crippen molar-refractivity contribution in [2.24, 2.45) is 5.92 Å². The number of thiazole rings is 1. The number of benzene rings is 1. The lowest BCUT2D eigenvalue weighted by Gasteiger charge is -2.25. The van der Waals surface area contributed by atoms with Crippen LogP contribution in [0.1, 0.15) is 34.8 Å². The van der Waals surface area contributed by atoms with Crippen LogP contribution in [0.3, 0.4) is 0 Å². The van der Waals surface area contributed by atoms with Crippen LogP contribution < -0.4 is 9.64 Å². The number of carbonyl (C=O) groups excluding carboxylic acids is 3. The highest BCUT2D eigenvalue weighted by Gasteiger charge is 2.53. The maximum Gasteiger partial charge on any atom is 0.297 e. The summed E-state index contributed by atoms with van der Waals surface area (Å²) in [6, 6.07) is 9.41. The molecule has 1 fully saturated rings. The number of ketones is 2. The number of amides is 1. The summed E-state index contributed by atoms with van der Waals surface area (Å²) in [6.07, 6.45) is 1.55. The van der Waals surface area contributed by atoms with Crippen LogP contribution in [0, 0.1) is 12.8 Å². The molecule has 2 atom stereocenters. The molecular weight excluding hydrogens is 392 g/mol. The van der Waals surface area contributed by atoms with Crippen molar-refractivity contribution in [2.75, 3.05) is 11.5 Å². The third-order valence-electron chi connectivity index (χ3n) is 4.71. The van der Waals surface area contributed by atoms with Gasteiger partial charge >= 0.3 is 0 Å². The zero-order valence-electron chi connectivity index (χ0n) is 15.8. The average Bonchev–Trinajstić information content (AvgIpc) is 3.43. The van der Waals surface area contributed by atoms with Crippen LogP contribution in [0.2, 0.25) is 0 Å². The first-order chi connectivity index (χ1) is 14.0. The minimum absolute atomic E-state index is 0.0561. The molecule has 0 spiro atoms. The Labute approximate surface area is 170 Å². The number of anilines is 1. The van der Waals surface area contributed by atoms with Crippen LogP contribution >= 0.6 is 11.3 Å². The molecule has 8 heteroatoms. The minimum atomic E-state index is -1.23. The number of hydrogen-bond acceptors (Lipinski definition) is 7. The zero-order valence-corrected chi connectivity index (χ0v) is 16.6. The molecule has 0 N–H and O–H groups in total. The Hall–Kier alpha value is -3.26. The fourth-order valence-corrected chi connectivity index (χ4v) is 4.17. The minimum Gasteiger partial charge on any atom is -0.494 e. The molecule has 0 bridgehead atoms. The number of hydrogen-bond donors (Lipinski definition) is 0. The normalized spacial score (nSPS) is 19.0. The number of aromatic nitrogens is 1. The van der Waals surface area contributed by atoms with Gasteiger partial charge in [0.1, 0.15) is 17.4 Å². The molecule has 1 amide bonds. The van der Waals surface area contributed by atoms with E-state index in [-0.39, 0.29) is 5.76 Å². The van der Waals surface area contributed by atoms with Gasteiger partial charge in [0.15, 0.2) is 10.9 Å². The highest BCUT2D eigenvalue weighted by atomic mass is 32.1. The largest absolute Gasteiger partial charge is 0.494 e. The monoisotopic (exact) mass is 410 g/mol. The second kappa shape index (κ2) is 7.63. The molecule has 7 nitrogen and oxygen atoms in total. The molecule has 3 heterocycles. The summed E-state index contributed by atoms with van der Waals surface area (Å²) in [4.78, 5) is 44.5. The van der Waals surface area contributed by atoms with Crippen LogP contribution in [0.4, 0.5) is 5.13 Å². The summed E-state index contributed by atoms with van der Waals surface area (Å²) in [7, 11) is 0. The molecule has 4 rings (SSSR count). The first kappa shape index (κ1) is 19.1. The van der Waals surface area contributed by atoms with Crippen molar-refractivity contribution in [3.8, 4) is 5.75 Å². The lowest BCUT2D eigenvalue weighted by atomic mass is 9.88. The van der Waals surface area contributed by atoms with Crippen molar-refractivity contribution >= 4 is 33.9 Å². The van der Waals surface area contributed by atoms with E-state index in [1.54, 1.807) is 48.8 Å². The Morgan fingerprint density at radius 1 is 1.28 bits per heavy atom. The number of nitrogens with zero attached hydrogens (tertiary/aromatic N) is 2. The van der Waals surface area contributed by atoms with E-state index < -0.39 is 29.4 Å². The number of furan rings is 1. The van der Waals surface area contributed by atoms with E-state index in [9.17, 15) is 14.4 Å². The Morgan fingerprint density at radius 3 is 2.76 bits per heavy atom. The Balaban J connectivity index is 1.84. The molecule has 1 aromatic carbocycles. The Kier molecular flexibility index (Phi) is 5.02. The third-order valence-corrected chi connectivity index (χ3v) is 5.48. The quantitative estimate of drug-likeness (QED) is 0.350. The van der Waals surface area contributed by atoms with Gasteiger partial charge in [-0.25, -0.2) is 4.98 Å². The molecule has 1 aliphatic rings. The predicted octanol–water partition coefficient (Wildman–Crippen LogP) is 3.60. The summed E-state index contributed by atoms with van der Waals surface area (Å²) < 4.78 is 11.0. The molecule has 29 heavy (non-hydrogen) atoms. The van der Waals surface area contributed by atoms with Gasteiger partial charge in [-0.05, 0) is 43.7 Å². The second-order valence-electron chi connectivity index (χ2n) is 6.56. The van der Waals surface area contributed by atoms with Crippen molar-refractivity contribution in [3.05, 3.63) is 65.1 Å². The first-order valence-corrected chi connectivity index (χ1v) is 9.99. The lowest BCUT2D eigenvalue weighted by molar-refractivity contribution is -0.135. The van der Waals surface area contributed by atoms with Crippen molar-refractivity contribution in [1.29, 1.82) is 0 Å². The van der Waals surface area contributed by atoms with Gasteiger partial charge < -0.3 is 9.15 Å². The van der Waals surface area contributed by atoms with Gasteiger partial charge in [-0.15, -0.1) is 11.3 Å². The molecule has 0 aliphatic carbocycles. The van der Waals surface area contributed by atoms with Gasteiger partial charge in [0.25, 0.3) is 5.91 Å². The summed E-state index contributed by atoms with van der Waals surface area (Å²) in [5.41, 5.74) is 0.618. The van der Waals surface area contributed by atoms with Crippen LogP contribution in [-0.4, -0.2) is 29.1 Å². The molecule has 148 valence electrons. The molecule has 3 aromatic rings. The summed E-state index contributed by atoms with van der Waals surface area (Å²) in [6.45, 7) is 4.04. The molecule has 2 unspecified atom stereocenters. The van der Waals surface area contributed by atoms with E-state index >= 15 is 0 Å². The van der Waals surface area contributed by atoms with Gasteiger partial charge in [-0.2, -0.15) is 0 Å². The number of Topliss-reactive ketones (excluding diaryl/α,β-unsaturated/α-hetero) is 2. The first-order valence-electron chi connectivity index (χ1n) is 9.11. The molecular formula is C21H18N2O5S. The van der Waals surface area contributed by atoms with Gasteiger partial charge in [-0.1, -0.05) is 12.1 Å². The zero-order chi connectivity index (χ0) is 20.5. The van der Waals surface area contributed by atoms with E-state index in [4.69, 9.17) is 9.15 Å². The van der Waals surface area contributed by atoms with E-state index in [2.05, 4.69) is 4.98 Å². The van der Waals surface area contributed by atoms with Gasteiger partial charge in [-0.3, -0.25) is 19.3 Å². The predicted molar refractivity (Wildman–Crippen MR) is 106 cm³/mol. The number of ether oxygens (including phenoxy) is 1. The summed E-state index contributed by atoms with van der Waals surface area (Å²) >= 11 is 1.23. The van der Waals surface area contributed by atoms with E-state index in [0.717, 1.165) is 0 Å². The smallest absolute Gasteiger partial charge is 0.297 e. The van der Waals surface area contributed by atoms with Crippen LogP contribution in [0.5, 0.6) is 5.75 Å². The summed E-state index contributed by atoms with van der Waals surface area (Å²) in [5.74, 6) is -2.08. The SMILES string of the molecule is CCOc1cccc(C2C(C(=O)c3ccc(C)o3)C(=O)C(=O)N2c2nccs2)c1.